The Morgan fingerprint density at radius 1 is 1.39 bits per heavy atom. The fourth-order valence-electron chi connectivity index (χ4n) is 1.09. The minimum atomic E-state index is -0.417. The fraction of sp³-hybridized carbons (Fsp3) is 0.333. The second kappa shape index (κ2) is 5.54. The van der Waals surface area contributed by atoms with Crippen LogP contribution in [-0.2, 0) is 16.1 Å². The zero-order valence-electron chi connectivity index (χ0n) is 9.77. The summed E-state index contributed by atoms with van der Waals surface area (Å²) in [5, 5.41) is 20.0. The lowest BCUT2D eigenvalue weighted by molar-refractivity contribution is -0.141. The van der Waals surface area contributed by atoms with Crippen LogP contribution in [0.4, 0.5) is 0 Å². The molecule has 0 unspecified atom stereocenters. The molecule has 2 aromatic rings. The van der Waals surface area contributed by atoms with Gasteiger partial charge in [-0.15, -0.1) is 10.2 Å². The summed E-state index contributed by atoms with van der Waals surface area (Å²) < 4.78 is 5.90. The van der Waals surface area contributed by atoms with Gasteiger partial charge in [0.25, 0.3) is 0 Å². The molecule has 18 heavy (non-hydrogen) atoms. The van der Waals surface area contributed by atoms with Gasteiger partial charge in [0.15, 0.2) is 0 Å². The molecule has 0 N–H and O–H groups in total. The van der Waals surface area contributed by atoms with E-state index in [4.69, 9.17) is 0 Å². The largest absolute Gasteiger partial charge is 0.468 e. The van der Waals surface area contributed by atoms with Crippen molar-refractivity contribution in [2.45, 2.75) is 23.7 Å². The van der Waals surface area contributed by atoms with Crippen LogP contribution in [0.1, 0.15) is 5.69 Å². The minimum absolute atomic E-state index is 0.0366. The molecular formula is C9H10N6O2S. The lowest BCUT2D eigenvalue weighted by Gasteiger charge is -2.02. The summed E-state index contributed by atoms with van der Waals surface area (Å²) in [7, 11) is 1.31. The SMILES string of the molecule is COC(=O)Cn1nnnc1Sc1ccc(C)nn1. The van der Waals surface area contributed by atoms with Gasteiger partial charge in [0.2, 0.25) is 5.16 Å². The summed E-state index contributed by atoms with van der Waals surface area (Å²) in [4.78, 5) is 11.2. The molecule has 0 aliphatic rings. The smallest absolute Gasteiger partial charge is 0.327 e. The molecule has 9 heteroatoms. The molecule has 0 saturated carbocycles. The van der Waals surface area contributed by atoms with E-state index in [2.05, 4.69) is 30.5 Å². The summed E-state index contributed by atoms with van der Waals surface area (Å²) in [6.45, 7) is 1.81. The summed E-state index contributed by atoms with van der Waals surface area (Å²) in [6.07, 6.45) is 0. The molecular weight excluding hydrogens is 256 g/mol. The fourth-order valence-corrected chi connectivity index (χ4v) is 1.78. The van der Waals surface area contributed by atoms with Gasteiger partial charge in [0.1, 0.15) is 11.6 Å². The van der Waals surface area contributed by atoms with E-state index in [0.717, 1.165) is 5.69 Å². The number of ether oxygens (including phenoxy) is 1. The molecule has 2 aromatic heterocycles. The molecule has 0 fully saturated rings. The number of tetrazole rings is 1. The number of hydrogen-bond acceptors (Lipinski definition) is 8. The molecule has 0 atom stereocenters. The summed E-state index contributed by atoms with van der Waals surface area (Å²) in [6, 6.07) is 3.65. The van der Waals surface area contributed by atoms with E-state index < -0.39 is 5.97 Å². The summed E-state index contributed by atoms with van der Waals surface area (Å²) in [5.74, 6) is -0.417. The standard InChI is InChI=1S/C9H10N6O2S/c1-6-3-4-7(11-10-6)18-9-12-13-14-15(9)5-8(16)17-2/h3-4H,5H2,1-2H3. The van der Waals surface area contributed by atoms with Gasteiger partial charge in [-0.1, -0.05) is 0 Å². The Hall–Kier alpha value is -2.03. The quantitative estimate of drug-likeness (QED) is 0.719. The van der Waals surface area contributed by atoms with Crippen LogP contribution in [0.2, 0.25) is 0 Å². The number of carbonyl (C=O) groups is 1. The number of aromatic nitrogens is 6. The van der Waals surface area contributed by atoms with Gasteiger partial charge >= 0.3 is 5.97 Å². The Labute approximate surface area is 107 Å². The van der Waals surface area contributed by atoms with Crippen molar-refractivity contribution in [3.63, 3.8) is 0 Å². The maximum absolute atomic E-state index is 11.2. The molecule has 94 valence electrons. The second-order valence-electron chi connectivity index (χ2n) is 3.31. The van der Waals surface area contributed by atoms with Crippen molar-refractivity contribution < 1.29 is 9.53 Å². The number of rotatable bonds is 4. The van der Waals surface area contributed by atoms with Gasteiger partial charge in [0.05, 0.1) is 12.8 Å². The highest BCUT2D eigenvalue weighted by Crippen LogP contribution is 2.22. The predicted octanol–water partition coefficient (Wildman–Crippen LogP) is 0.0957. The van der Waals surface area contributed by atoms with E-state index in [-0.39, 0.29) is 6.54 Å². The van der Waals surface area contributed by atoms with Crippen LogP contribution in [0.5, 0.6) is 0 Å². The Morgan fingerprint density at radius 2 is 2.22 bits per heavy atom. The summed E-state index contributed by atoms with van der Waals surface area (Å²) in [5.41, 5.74) is 0.827. The number of hydrogen-bond donors (Lipinski definition) is 0. The van der Waals surface area contributed by atoms with Crippen molar-refractivity contribution in [3.05, 3.63) is 17.8 Å². The molecule has 0 aromatic carbocycles. The third-order valence-corrected chi connectivity index (χ3v) is 2.88. The van der Waals surface area contributed by atoms with E-state index in [1.54, 1.807) is 0 Å². The van der Waals surface area contributed by atoms with Crippen LogP contribution in [-0.4, -0.2) is 43.5 Å². The lowest BCUT2D eigenvalue weighted by atomic mass is 10.4. The third kappa shape index (κ3) is 3.00. The Bertz CT molecular complexity index is 540. The molecule has 0 spiro atoms. The maximum Gasteiger partial charge on any atom is 0.327 e. The van der Waals surface area contributed by atoms with Crippen LogP contribution in [0.25, 0.3) is 0 Å². The Balaban J connectivity index is 2.12. The second-order valence-corrected chi connectivity index (χ2v) is 4.30. The zero-order valence-corrected chi connectivity index (χ0v) is 10.6. The minimum Gasteiger partial charge on any atom is -0.468 e. The molecule has 0 radical (unpaired) electrons. The van der Waals surface area contributed by atoms with Gasteiger partial charge in [-0.3, -0.25) is 4.79 Å². The van der Waals surface area contributed by atoms with Crippen LogP contribution in [0, 0.1) is 6.92 Å². The van der Waals surface area contributed by atoms with Crippen molar-refractivity contribution in [1.29, 1.82) is 0 Å². The van der Waals surface area contributed by atoms with Gasteiger partial charge in [0, 0.05) is 0 Å². The molecule has 0 aliphatic heterocycles. The van der Waals surface area contributed by atoms with E-state index in [0.29, 0.717) is 10.2 Å². The monoisotopic (exact) mass is 266 g/mol. The molecule has 8 nitrogen and oxygen atoms in total. The van der Waals surface area contributed by atoms with E-state index in [1.165, 1.54) is 23.6 Å². The average Bonchev–Trinajstić information content (AvgIpc) is 2.79. The lowest BCUT2D eigenvalue weighted by Crippen LogP contribution is -2.13. The number of nitrogens with zero attached hydrogens (tertiary/aromatic N) is 6. The number of carbonyl (C=O) groups excluding carboxylic acids is 1. The van der Waals surface area contributed by atoms with Gasteiger partial charge in [-0.05, 0) is 41.2 Å². The van der Waals surface area contributed by atoms with Crippen molar-refractivity contribution in [1.82, 2.24) is 30.4 Å². The molecule has 0 aliphatic carbocycles. The predicted molar refractivity (Wildman–Crippen MR) is 60.7 cm³/mol. The highest BCUT2D eigenvalue weighted by Gasteiger charge is 2.12. The first-order chi connectivity index (χ1) is 8.69. The highest BCUT2D eigenvalue weighted by molar-refractivity contribution is 7.99. The van der Waals surface area contributed by atoms with Crippen LogP contribution in [0.3, 0.4) is 0 Å². The Kier molecular flexibility index (Phi) is 3.82. The molecule has 2 heterocycles. The van der Waals surface area contributed by atoms with Crippen molar-refractivity contribution in [2.24, 2.45) is 0 Å². The number of methoxy groups -OCH3 is 1. The average molecular weight is 266 g/mol. The highest BCUT2D eigenvalue weighted by atomic mass is 32.2. The topological polar surface area (TPSA) is 95.7 Å². The van der Waals surface area contributed by atoms with Gasteiger partial charge in [-0.2, -0.15) is 5.10 Å². The molecule has 0 saturated heterocycles. The van der Waals surface area contributed by atoms with Crippen molar-refractivity contribution in [2.75, 3.05) is 7.11 Å². The van der Waals surface area contributed by atoms with Gasteiger partial charge < -0.3 is 4.74 Å². The van der Waals surface area contributed by atoms with E-state index in [1.807, 2.05) is 19.1 Å². The van der Waals surface area contributed by atoms with Crippen molar-refractivity contribution in [3.8, 4) is 0 Å². The molecule has 0 bridgehead atoms. The first-order valence-electron chi connectivity index (χ1n) is 5.00. The summed E-state index contributed by atoms with van der Waals surface area (Å²) >= 11 is 1.23. The molecule has 2 rings (SSSR count). The first-order valence-corrected chi connectivity index (χ1v) is 5.82. The zero-order chi connectivity index (χ0) is 13.0. The third-order valence-electron chi connectivity index (χ3n) is 1.97. The van der Waals surface area contributed by atoms with Gasteiger partial charge in [-0.25, -0.2) is 4.68 Å². The van der Waals surface area contributed by atoms with E-state index >= 15 is 0 Å². The van der Waals surface area contributed by atoms with Crippen LogP contribution < -0.4 is 0 Å². The van der Waals surface area contributed by atoms with Crippen LogP contribution >= 0.6 is 11.8 Å². The normalized spacial score (nSPS) is 10.3. The number of esters is 1. The van der Waals surface area contributed by atoms with Crippen molar-refractivity contribution >= 4 is 17.7 Å². The van der Waals surface area contributed by atoms with E-state index in [9.17, 15) is 4.79 Å². The number of aryl methyl sites for hydroxylation is 1. The first kappa shape index (κ1) is 12.4. The maximum atomic E-state index is 11.2. The van der Waals surface area contributed by atoms with Crippen LogP contribution in [0.15, 0.2) is 22.3 Å². The molecule has 0 amide bonds. The Morgan fingerprint density at radius 3 is 2.89 bits per heavy atom.